The summed E-state index contributed by atoms with van der Waals surface area (Å²) >= 11 is 0. The monoisotopic (exact) mass is 402 g/mol. The van der Waals surface area contributed by atoms with Gasteiger partial charge >= 0.3 is 5.97 Å². The number of aromatic amines is 1. The second-order valence-corrected chi connectivity index (χ2v) is 8.34. The molecule has 0 saturated carbocycles. The number of nitrogens with zero attached hydrogens (tertiary/aromatic N) is 1. The van der Waals surface area contributed by atoms with Gasteiger partial charge in [-0.3, -0.25) is 9.69 Å². The molecule has 2 aromatic carbocycles. The number of ether oxygens (including phenoxy) is 1. The highest BCUT2D eigenvalue weighted by molar-refractivity contribution is 5.89. The Morgan fingerprint density at radius 3 is 2.50 bits per heavy atom. The van der Waals surface area contributed by atoms with Crippen LogP contribution in [0.1, 0.15) is 43.0 Å². The predicted molar refractivity (Wildman–Crippen MR) is 122 cm³/mol. The maximum absolute atomic E-state index is 11.2. The van der Waals surface area contributed by atoms with E-state index in [0.717, 1.165) is 24.8 Å². The first-order valence-electron chi connectivity index (χ1n) is 10.7. The van der Waals surface area contributed by atoms with Crippen LogP contribution in [0.25, 0.3) is 16.5 Å². The maximum atomic E-state index is 11.2. The molecule has 0 spiro atoms. The van der Waals surface area contributed by atoms with E-state index in [9.17, 15) is 4.79 Å². The van der Waals surface area contributed by atoms with E-state index in [-0.39, 0.29) is 11.5 Å². The van der Waals surface area contributed by atoms with Crippen molar-refractivity contribution in [2.24, 2.45) is 0 Å². The third-order valence-corrected chi connectivity index (χ3v) is 6.45. The van der Waals surface area contributed by atoms with Crippen LogP contribution in [0.4, 0.5) is 0 Å². The minimum absolute atomic E-state index is 0.0225. The molecule has 1 atom stereocenters. The van der Waals surface area contributed by atoms with Crippen molar-refractivity contribution in [2.45, 2.75) is 38.1 Å². The Kier molecular flexibility index (Phi) is 5.78. The van der Waals surface area contributed by atoms with Crippen molar-refractivity contribution >= 4 is 22.4 Å². The van der Waals surface area contributed by atoms with Crippen LogP contribution in [0, 0.1) is 0 Å². The summed E-state index contributed by atoms with van der Waals surface area (Å²) in [6.07, 6.45) is 6.15. The molecule has 1 unspecified atom stereocenters. The van der Waals surface area contributed by atoms with Gasteiger partial charge in [0.05, 0.1) is 6.61 Å². The second kappa shape index (κ2) is 8.49. The number of esters is 1. The third kappa shape index (κ3) is 3.80. The highest BCUT2D eigenvalue weighted by atomic mass is 16.5. The molecule has 0 bridgehead atoms. The zero-order valence-corrected chi connectivity index (χ0v) is 18.1. The molecule has 0 radical (unpaired) electrons. The molecule has 0 aliphatic heterocycles. The molecule has 30 heavy (non-hydrogen) atoms. The largest absolute Gasteiger partial charge is 0.466 e. The molecule has 0 amide bonds. The minimum Gasteiger partial charge on any atom is -0.466 e. The lowest BCUT2D eigenvalue weighted by atomic mass is 9.75. The van der Waals surface area contributed by atoms with Gasteiger partial charge in [-0.15, -0.1) is 0 Å². The van der Waals surface area contributed by atoms with Gasteiger partial charge in [0.1, 0.15) is 0 Å². The Morgan fingerprint density at radius 1 is 1.10 bits per heavy atom. The van der Waals surface area contributed by atoms with Gasteiger partial charge in [0.25, 0.3) is 0 Å². The summed E-state index contributed by atoms with van der Waals surface area (Å²) in [5.41, 5.74) is 6.33. The van der Waals surface area contributed by atoms with E-state index in [0.29, 0.717) is 13.0 Å². The average Bonchev–Trinajstić information content (AvgIpc) is 3.13. The summed E-state index contributed by atoms with van der Waals surface area (Å²) < 4.78 is 5.25. The number of benzene rings is 2. The summed E-state index contributed by atoms with van der Waals surface area (Å²) in [5.74, 6) is -0.230. The van der Waals surface area contributed by atoms with Gasteiger partial charge in [-0.1, -0.05) is 54.6 Å². The van der Waals surface area contributed by atoms with E-state index in [1.165, 1.54) is 34.7 Å². The molecule has 4 rings (SSSR count). The van der Waals surface area contributed by atoms with Crippen molar-refractivity contribution in [3.8, 4) is 0 Å². The van der Waals surface area contributed by atoms with Gasteiger partial charge in [0, 0.05) is 35.5 Å². The smallest absolute Gasteiger partial charge is 0.302 e. The van der Waals surface area contributed by atoms with Crippen LogP contribution >= 0.6 is 0 Å². The first kappa shape index (κ1) is 20.4. The topological polar surface area (TPSA) is 45.3 Å². The number of nitrogens with one attached hydrogen (secondary N) is 1. The van der Waals surface area contributed by atoms with Crippen LogP contribution < -0.4 is 0 Å². The molecular formula is C26H30N2O2. The Labute approximate surface area is 178 Å². The number of aromatic nitrogens is 1. The van der Waals surface area contributed by atoms with Crippen molar-refractivity contribution in [3.05, 3.63) is 77.5 Å². The van der Waals surface area contributed by atoms with Crippen molar-refractivity contribution < 1.29 is 9.53 Å². The molecule has 1 N–H and O–H groups in total. The van der Waals surface area contributed by atoms with Crippen LogP contribution in [0.2, 0.25) is 0 Å². The Bertz CT molecular complexity index is 1070. The number of carbonyl (C=O) groups is 1. The fraction of sp³-hybridized carbons (Fsp3) is 0.346. The predicted octanol–water partition coefficient (Wildman–Crippen LogP) is 5.30. The van der Waals surface area contributed by atoms with E-state index in [1.807, 2.05) is 0 Å². The van der Waals surface area contributed by atoms with Crippen LogP contribution in [-0.2, 0) is 21.5 Å². The number of hydrogen-bond donors (Lipinski definition) is 1. The minimum atomic E-state index is -0.230. The normalized spacial score (nSPS) is 19.1. The number of para-hydroxylation sites is 1. The van der Waals surface area contributed by atoms with E-state index in [1.54, 1.807) is 0 Å². The molecule has 1 aliphatic carbocycles. The number of carbonyl (C=O) groups excluding carboxylic acids is 1. The van der Waals surface area contributed by atoms with Gasteiger partial charge in [0.2, 0.25) is 0 Å². The highest BCUT2D eigenvalue weighted by Gasteiger charge is 2.36. The van der Waals surface area contributed by atoms with Gasteiger partial charge in [-0.05, 0) is 56.1 Å². The molecular weight excluding hydrogens is 372 g/mol. The lowest BCUT2D eigenvalue weighted by Crippen LogP contribution is -2.42. The zero-order valence-electron chi connectivity index (χ0n) is 18.1. The van der Waals surface area contributed by atoms with Crippen molar-refractivity contribution in [1.82, 2.24) is 9.88 Å². The number of allylic oxidation sites excluding steroid dienone is 1. The number of H-pyrrole nitrogens is 1. The van der Waals surface area contributed by atoms with E-state index in [2.05, 4.69) is 84.7 Å². The van der Waals surface area contributed by atoms with Gasteiger partial charge in [0.15, 0.2) is 0 Å². The van der Waals surface area contributed by atoms with Gasteiger partial charge in [-0.2, -0.15) is 0 Å². The Balaban J connectivity index is 1.68. The molecule has 4 heteroatoms. The first-order chi connectivity index (χ1) is 14.5. The van der Waals surface area contributed by atoms with Crippen LogP contribution in [0.15, 0.2) is 60.7 Å². The van der Waals surface area contributed by atoms with E-state index >= 15 is 0 Å². The quantitative estimate of drug-likeness (QED) is 0.569. The maximum Gasteiger partial charge on any atom is 0.302 e. The standard InChI is InChI=1S/C26H30N2O2/c1-19(29)30-18-15-23-22-11-7-8-12-24(22)27-25(23)20-13-16-26(17-14-20,28(2)3)21-9-5-4-6-10-21/h4-13,27H,14-18H2,1-3H3. The molecule has 0 saturated heterocycles. The fourth-order valence-electron chi connectivity index (χ4n) is 4.77. The zero-order chi connectivity index (χ0) is 21.1. The molecule has 156 valence electrons. The fourth-order valence-corrected chi connectivity index (χ4v) is 4.77. The number of fused-ring (bicyclic) bond motifs is 1. The van der Waals surface area contributed by atoms with Gasteiger partial charge < -0.3 is 9.72 Å². The molecule has 3 aromatic rings. The van der Waals surface area contributed by atoms with Crippen LogP contribution in [0.3, 0.4) is 0 Å². The highest BCUT2D eigenvalue weighted by Crippen LogP contribution is 2.43. The van der Waals surface area contributed by atoms with E-state index < -0.39 is 0 Å². The average molecular weight is 403 g/mol. The summed E-state index contributed by atoms with van der Waals surface area (Å²) in [5, 5.41) is 1.22. The number of rotatable bonds is 6. The first-order valence-corrected chi connectivity index (χ1v) is 10.7. The molecule has 1 aromatic heterocycles. The van der Waals surface area contributed by atoms with E-state index in [4.69, 9.17) is 4.74 Å². The number of hydrogen-bond acceptors (Lipinski definition) is 3. The van der Waals surface area contributed by atoms with Crippen LogP contribution in [-0.4, -0.2) is 36.6 Å². The lowest BCUT2D eigenvalue weighted by molar-refractivity contribution is -0.140. The van der Waals surface area contributed by atoms with Crippen molar-refractivity contribution in [2.75, 3.05) is 20.7 Å². The molecule has 1 aliphatic rings. The summed E-state index contributed by atoms with van der Waals surface area (Å²) in [6.45, 7) is 1.87. The van der Waals surface area contributed by atoms with Crippen LogP contribution in [0.5, 0.6) is 0 Å². The van der Waals surface area contributed by atoms with Crippen molar-refractivity contribution in [1.29, 1.82) is 0 Å². The van der Waals surface area contributed by atoms with Crippen molar-refractivity contribution in [3.63, 3.8) is 0 Å². The summed E-state index contributed by atoms with van der Waals surface area (Å²) in [4.78, 5) is 17.3. The second-order valence-electron chi connectivity index (χ2n) is 8.34. The summed E-state index contributed by atoms with van der Waals surface area (Å²) in [6, 6.07) is 19.2. The molecule has 4 nitrogen and oxygen atoms in total. The summed E-state index contributed by atoms with van der Waals surface area (Å²) in [7, 11) is 4.36. The Hall–Kier alpha value is -2.85. The third-order valence-electron chi connectivity index (χ3n) is 6.45. The van der Waals surface area contributed by atoms with Gasteiger partial charge in [-0.25, -0.2) is 0 Å². The Morgan fingerprint density at radius 2 is 1.83 bits per heavy atom. The molecule has 1 heterocycles. The SMILES string of the molecule is CC(=O)OCCc1c(C2=CCC(c3ccccc3)(N(C)C)CC2)[nH]c2ccccc12. The lowest BCUT2D eigenvalue weighted by Gasteiger charge is -2.43. The molecule has 0 fully saturated rings.